The molecule has 0 heterocycles. The quantitative estimate of drug-likeness (QED) is 0.749. The molecule has 120 valence electrons. The molecule has 23 heavy (non-hydrogen) atoms. The molecule has 0 radical (unpaired) electrons. The molecule has 0 spiro atoms. The summed E-state index contributed by atoms with van der Waals surface area (Å²) in [5, 5.41) is 8.06. The molecule has 1 atom stereocenters. The number of anilines is 1. The fourth-order valence-corrected chi connectivity index (χ4v) is 2.31. The minimum Gasteiger partial charge on any atom is -0.370 e. The molecule has 2 aromatic rings. The molecule has 0 bridgehead atoms. The monoisotopic (exact) mass is 375 g/mol. The van der Waals surface area contributed by atoms with Gasteiger partial charge in [0, 0.05) is 16.7 Å². The summed E-state index contributed by atoms with van der Waals surface area (Å²) < 4.78 is 0.950. The molecule has 0 aliphatic rings. The lowest BCUT2D eigenvalue weighted by Crippen LogP contribution is -2.43. The van der Waals surface area contributed by atoms with Crippen molar-refractivity contribution in [1.29, 1.82) is 0 Å². The van der Waals surface area contributed by atoms with Crippen LogP contribution in [0.15, 0.2) is 59.1 Å². The Morgan fingerprint density at radius 2 is 1.70 bits per heavy atom. The van der Waals surface area contributed by atoms with Crippen LogP contribution in [0.5, 0.6) is 0 Å². The van der Waals surface area contributed by atoms with Crippen LogP contribution in [0, 0.1) is 0 Å². The first-order valence-corrected chi connectivity index (χ1v) is 8.05. The molecule has 0 saturated carbocycles. The number of amides is 3. The standard InChI is InChI=1S/C17H18BrN3O2/c1-2-19-17(23)21-16(22)15(12-6-4-3-5-7-12)20-14-10-8-13(18)9-11-14/h3-11,15,20H,2H2,1H3,(H2,19,21,22,23)/t15-/m1/s1. The number of benzene rings is 2. The van der Waals surface area contributed by atoms with Gasteiger partial charge in [0.05, 0.1) is 0 Å². The molecular weight excluding hydrogens is 358 g/mol. The second-order valence-corrected chi connectivity index (χ2v) is 5.76. The summed E-state index contributed by atoms with van der Waals surface area (Å²) in [6.07, 6.45) is 0. The SMILES string of the molecule is CCNC(=O)NC(=O)[C@H](Nc1ccc(Br)cc1)c1ccccc1. The Kier molecular flexibility index (Phi) is 6.17. The first-order chi connectivity index (χ1) is 11.1. The van der Waals surface area contributed by atoms with Crippen molar-refractivity contribution in [2.24, 2.45) is 0 Å². The second-order valence-electron chi connectivity index (χ2n) is 4.84. The highest BCUT2D eigenvalue weighted by atomic mass is 79.9. The lowest BCUT2D eigenvalue weighted by atomic mass is 10.1. The van der Waals surface area contributed by atoms with E-state index in [1.54, 1.807) is 6.92 Å². The predicted molar refractivity (Wildman–Crippen MR) is 94.2 cm³/mol. The fraction of sp³-hybridized carbons (Fsp3) is 0.176. The second kappa shape index (κ2) is 8.33. The van der Waals surface area contributed by atoms with Crippen molar-refractivity contribution in [2.45, 2.75) is 13.0 Å². The van der Waals surface area contributed by atoms with Gasteiger partial charge in [0.15, 0.2) is 0 Å². The Labute approximate surface area is 143 Å². The van der Waals surface area contributed by atoms with E-state index in [2.05, 4.69) is 31.9 Å². The van der Waals surface area contributed by atoms with Gasteiger partial charge in [-0.25, -0.2) is 4.79 Å². The lowest BCUT2D eigenvalue weighted by molar-refractivity contribution is -0.120. The number of hydrogen-bond acceptors (Lipinski definition) is 3. The molecule has 0 aliphatic carbocycles. The summed E-state index contributed by atoms with van der Waals surface area (Å²) in [7, 11) is 0. The average Bonchev–Trinajstić information content (AvgIpc) is 2.55. The Balaban J connectivity index is 2.20. The topological polar surface area (TPSA) is 70.2 Å². The molecule has 2 rings (SSSR count). The fourth-order valence-electron chi connectivity index (χ4n) is 2.05. The normalized spacial score (nSPS) is 11.4. The number of imide groups is 1. The molecule has 6 heteroatoms. The number of carbonyl (C=O) groups excluding carboxylic acids is 2. The molecule has 3 amide bonds. The third kappa shape index (κ3) is 5.10. The van der Waals surface area contributed by atoms with Crippen LogP contribution in [0.3, 0.4) is 0 Å². The maximum Gasteiger partial charge on any atom is 0.321 e. The zero-order valence-corrected chi connectivity index (χ0v) is 14.3. The summed E-state index contributed by atoms with van der Waals surface area (Å²) in [5.41, 5.74) is 1.56. The Morgan fingerprint density at radius 1 is 1.04 bits per heavy atom. The average molecular weight is 376 g/mol. The van der Waals surface area contributed by atoms with Gasteiger partial charge >= 0.3 is 6.03 Å². The van der Waals surface area contributed by atoms with Crippen molar-refractivity contribution in [3.05, 3.63) is 64.6 Å². The smallest absolute Gasteiger partial charge is 0.321 e. The van der Waals surface area contributed by atoms with Crippen molar-refractivity contribution in [2.75, 3.05) is 11.9 Å². The van der Waals surface area contributed by atoms with Gasteiger partial charge in [-0.15, -0.1) is 0 Å². The van der Waals surface area contributed by atoms with Gasteiger partial charge in [-0.2, -0.15) is 0 Å². The number of carbonyl (C=O) groups is 2. The molecule has 0 aromatic heterocycles. The first kappa shape index (κ1) is 17.0. The zero-order valence-electron chi connectivity index (χ0n) is 12.7. The van der Waals surface area contributed by atoms with E-state index in [-0.39, 0.29) is 0 Å². The van der Waals surface area contributed by atoms with Gasteiger partial charge in [0.2, 0.25) is 0 Å². The van der Waals surface area contributed by atoms with Crippen LogP contribution < -0.4 is 16.0 Å². The molecule has 3 N–H and O–H groups in total. The predicted octanol–water partition coefficient (Wildman–Crippen LogP) is 3.45. The lowest BCUT2D eigenvalue weighted by Gasteiger charge is -2.19. The number of urea groups is 1. The Bertz CT molecular complexity index is 659. The molecule has 5 nitrogen and oxygen atoms in total. The van der Waals surface area contributed by atoms with Gasteiger partial charge in [-0.1, -0.05) is 46.3 Å². The van der Waals surface area contributed by atoms with E-state index in [4.69, 9.17) is 0 Å². The third-order valence-electron chi connectivity index (χ3n) is 3.12. The van der Waals surface area contributed by atoms with E-state index in [0.717, 1.165) is 15.7 Å². The van der Waals surface area contributed by atoms with Crippen LogP contribution in [0.1, 0.15) is 18.5 Å². The van der Waals surface area contributed by atoms with Gasteiger partial charge in [0.25, 0.3) is 5.91 Å². The maximum absolute atomic E-state index is 12.5. The highest BCUT2D eigenvalue weighted by molar-refractivity contribution is 9.10. The van der Waals surface area contributed by atoms with E-state index >= 15 is 0 Å². The van der Waals surface area contributed by atoms with Crippen LogP contribution >= 0.6 is 15.9 Å². The number of hydrogen-bond donors (Lipinski definition) is 3. The van der Waals surface area contributed by atoms with Gasteiger partial charge in [0.1, 0.15) is 6.04 Å². The largest absolute Gasteiger partial charge is 0.370 e. The van der Waals surface area contributed by atoms with E-state index < -0.39 is 18.0 Å². The van der Waals surface area contributed by atoms with Crippen molar-refractivity contribution >= 4 is 33.6 Å². The molecule has 0 aliphatic heterocycles. The van der Waals surface area contributed by atoms with Crippen LogP contribution in [0.25, 0.3) is 0 Å². The molecular formula is C17H18BrN3O2. The van der Waals surface area contributed by atoms with Gasteiger partial charge in [-0.05, 0) is 36.8 Å². The van der Waals surface area contributed by atoms with E-state index in [1.165, 1.54) is 0 Å². The first-order valence-electron chi connectivity index (χ1n) is 7.26. The van der Waals surface area contributed by atoms with Crippen molar-refractivity contribution in [3.63, 3.8) is 0 Å². The van der Waals surface area contributed by atoms with E-state index in [0.29, 0.717) is 6.54 Å². The molecule has 0 fully saturated rings. The van der Waals surface area contributed by atoms with E-state index in [1.807, 2.05) is 54.6 Å². The minimum atomic E-state index is -0.667. The van der Waals surface area contributed by atoms with Crippen LogP contribution in [-0.2, 0) is 4.79 Å². The number of halogens is 1. The molecule has 2 aromatic carbocycles. The van der Waals surface area contributed by atoms with Gasteiger partial charge in [-0.3, -0.25) is 10.1 Å². The van der Waals surface area contributed by atoms with Gasteiger partial charge < -0.3 is 10.6 Å². The van der Waals surface area contributed by atoms with E-state index in [9.17, 15) is 9.59 Å². The highest BCUT2D eigenvalue weighted by Gasteiger charge is 2.22. The summed E-state index contributed by atoms with van der Waals surface area (Å²) in [4.78, 5) is 24.1. The minimum absolute atomic E-state index is 0.412. The Morgan fingerprint density at radius 3 is 2.30 bits per heavy atom. The van der Waals surface area contributed by atoms with Crippen molar-refractivity contribution < 1.29 is 9.59 Å². The van der Waals surface area contributed by atoms with Crippen molar-refractivity contribution in [3.8, 4) is 0 Å². The summed E-state index contributed by atoms with van der Waals surface area (Å²) in [6.45, 7) is 2.24. The number of nitrogens with one attached hydrogen (secondary N) is 3. The van der Waals surface area contributed by atoms with Crippen LogP contribution in [0.2, 0.25) is 0 Å². The van der Waals surface area contributed by atoms with Crippen LogP contribution in [-0.4, -0.2) is 18.5 Å². The maximum atomic E-state index is 12.5. The summed E-state index contributed by atoms with van der Waals surface area (Å²) in [5.74, 6) is -0.412. The van der Waals surface area contributed by atoms with Crippen LogP contribution in [0.4, 0.5) is 10.5 Å². The Hall–Kier alpha value is -2.34. The third-order valence-corrected chi connectivity index (χ3v) is 3.65. The molecule has 0 saturated heterocycles. The zero-order chi connectivity index (χ0) is 16.7. The highest BCUT2D eigenvalue weighted by Crippen LogP contribution is 2.21. The summed E-state index contributed by atoms with van der Waals surface area (Å²) in [6, 6.07) is 15.6. The number of rotatable bonds is 5. The summed E-state index contributed by atoms with van der Waals surface area (Å²) >= 11 is 3.38. The van der Waals surface area contributed by atoms with Crippen molar-refractivity contribution in [1.82, 2.24) is 10.6 Å². The molecule has 0 unspecified atom stereocenters.